The Balaban J connectivity index is 0. The van der Waals surface area contributed by atoms with Crippen molar-refractivity contribution in [3.05, 3.63) is 0 Å². The number of halogens is 1. The van der Waals surface area contributed by atoms with Crippen molar-refractivity contribution in [3.8, 4) is 0 Å². The molecule has 6 heteroatoms. The van der Waals surface area contributed by atoms with Gasteiger partial charge in [-0.1, -0.05) is 4.57 Å². The van der Waals surface area contributed by atoms with E-state index in [0.717, 1.165) is 0 Å². The molecule has 0 bridgehead atoms. The minimum Gasteiger partial charge on any atom is -0.593 e. The minimum absolute atomic E-state index is 0. The molecule has 0 aliphatic carbocycles. The Morgan fingerprint density at radius 1 is 1.88 bits per heavy atom. The molecule has 0 saturated carbocycles. The summed E-state index contributed by atoms with van der Waals surface area (Å²) in [6, 6.07) is 0. The fraction of sp³-hybridized carbons (Fsp3) is 1.00. The first kappa shape index (κ1) is 12.0. The minimum atomic E-state index is -2.74. The van der Waals surface area contributed by atoms with E-state index in [4.69, 9.17) is 16.7 Å². The Labute approximate surface area is 75.2 Å². The topological polar surface area (TPSA) is 60.4 Å². The first-order chi connectivity index (χ1) is 3.18. The van der Waals surface area contributed by atoms with Gasteiger partial charge in [-0.05, 0) is 0 Å². The van der Waals surface area contributed by atoms with Gasteiger partial charge in [0.15, 0.2) is 0 Å². The number of rotatable bonds is 2. The van der Waals surface area contributed by atoms with Crippen molar-refractivity contribution in [2.45, 2.75) is 5.85 Å². The van der Waals surface area contributed by atoms with Gasteiger partial charge in [0.1, 0.15) is 0 Å². The summed E-state index contributed by atoms with van der Waals surface area (Å²) in [7, 11) is -2.74. The molecule has 2 unspecified atom stereocenters. The quantitative estimate of drug-likeness (QED) is 0.264. The second kappa shape index (κ2) is 6.43. The summed E-state index contributed by atoms with van der Waals surface area (Å²) in [5, 5.41) is 8.21. The molecule has 0 rings (SSSR count). The molecule has 0 aliphatic rings. The van der Waals surface area contributed by atoms with Gasteiger partial charge >= 0.3 is 37.6 Å². The fourth-order valence-electron chi connectivity index (χ4n) is 0.0563. The van der Waals surface area contributed by atoms with Crippen molar-refractivity contribution in [2.24, 2.45) is 0 Å². The van der Waals surface area contributed by atoms with Crippen LogP contribution in [0.2, 0.25) is 0 Å². The third kappa shape index (κ3) is 5.45. The van der Waals surface area contributed by atoms with Gasteiger partial charge in [0.25, 0.3) is 5.85 Å². The largest absolute Gasteiger partial charge is 1.00 e. The second-order valence-corrected chi connectivity index (χ2v) is 2.40. The van der Waals surface area contributed by atoms with E-state index in [1.807, 2.05) is 0 Å². The maximum atomic E-state index is 9.63. The van der Waals surface area contributed by atoms with E-state index in [2.05, 4.69) is 0 Å². The summed E-state index contributed by atoms with van der Waals surface area (Å²) in [6.45, 7) is 0. The zero-order valence-corrected chi connectivity index (χ0v) is 8.02. The van der Waals surface area contributed by atoms with Gasteiger partial charge in [-0.15, -0.1) is 11.6 Å². The Hall–Kier alpha value is 1.31. The van der Waals surface area contributed by atoms with E-state index >= 15 is 0 Å². The van der Waals surface area contributed by atoms with Gasteiger partial charge in [-0.25, -0.2) is 0 Å². The van der Waals surface area contributed by atoms with Crippen LogP contribution in [0.25, 0.3) is 0 Å². The molecule has 8 heavy (non-hydrogen) atoms. The van der Waals surface area contributed by atoms with Crippen LogP contribution in [0, 0.1) is 0 Å². The molecule has 0 aromatic heterocycles. The predicted molar refractivity (Wildman–Crippen MR) is 24.3 cm³/mol. The van der Waals surface area contributed by atoms with Gasteiger partial charge in [0.2, 0.25) is 0 Å². The van der Waals surface area contributed by atoms with Gasteiger partial charge in [0.05, 0.1) is 5.88 Å². The van der Waals surface area contributed by atoms with E-state index in [9.17, 15) is 9.46 Å². The Bertz CT molecular complexity index is 79.7. The molecule has 0 fully saturated rings. The average Bonchev–Trinajstić information content (AvgIpc) is 1.65. The maximum absolute atomic E-state index is 9.63. The number of hydrogen-bond donors (Lipinski definition) is 1. The van der Waals surface area contributed by atoms with Gasteiger partial charge in [-0.3, -0.25) is 0 Å². The predicted octanol–water partition coefficient (Wildman–Crippen LogP) is -3.35. The summed E-state index contributed by atoms with van der Waals surface area (Å²) in [6.07, 6.45) is 0. The van der Waals surface area contributed by atoms with Crippen LogP contribution in [0.3, 0.4) is 0 Å². The van der Waals surface area contributed by atoms with Crippen molar-refractivity contribution in [1.29, 1.82) is 0 Å². The molecular weight excluding hydrogens is 161 g/mol. The normalized spacial score (nSPS) is 14.1. The van der Waals surface area contributed by atoms with Crippen LogP contribution in [-0.2, 0) is 4.57 Å². The molecule has 0 amide bonds. The van der Waals surface area contributed by atoms with Crippen LogP contribution >= 0.6 is 19.6 Å². The van der Waals surface area contributed by atoms with Crippen molar-refractivity contribution in [3.63, 3.8) is 0 Å². The number of alkyl halides is 1. The molecule has 0 saturated heterocycles. The van der Waals surface area contributed by atoms with Crippen molar-refractivity contribution < 1.29 is 44.1 Å². The third-order valence-corrected chi connectivity index (χ3v) is 1.56. The van der Waals surface area contributed by atoms with Crippen LogP contribution in [-0.4, -0.2) is 16.8 Å². The zero-order valence-electron chi connectivity index (χ0n) is 4.37. The number of aliphatic hydroxyl groups is 1. The summed E-state index contributed by atoms with van der Waals surface area (Å²) in [4.78, 5) is 9.63. The Kier molecular flexibility index (Phi) is 9.67. The molecule has 0 heterocycles. The van der Waals surface area contributed by atoms with E-state index < -0.39 is 13.9 Å². The van der Waals surface area contributed by atoms with Gasteiger partial charge < -0.3 is 10.00 Å². The molecular formula is C2H4ClNaO3P+. The summed E-state index contributed by atoms with van der Waals surface area (Å²) in [5.74, 6) is -1.63. The summed E-state index contributed by atoms with van der Waals surface area (Å²) in [5.41, 5.74) is 0. The number of hydrogen-bond acceptors (Lipinski definition) is 3. The molecule has 42 valence electrons. The molecule has 0 aliphatic heterocycles. The monoisotopic (exact) mass is 165 g/mol. The smallest absolute Gasteiger partial charge is 0.593 e. The molecule has 2 atom stereocenters. The van der Waals surface area contributed by atoms with Crippen molar-refractivity contribution >= 4 is 19.6 Å². The first-order valence-corrected chi connectivity index (χ1v) is 3.34. The third-order valence-electron chi connectivity index (χ3n) is 0.381. The van der Waals surface area contributed by atoms with Crippen LogP contribution in [0.15, 0.2) is 0 Å². The van der Waals surface area contributed by atoms with E-state index in [-0.39, 0.29) is 35.4 Å². The molecule has 0 radical (unpaired) electrons. The average molecular weight is 165 g/mol. The summed E-state index contributed by atoms with van der Waals surface area (Å²) < 4.78 is 9.63. The molecule has 1 N–H and O–H groups in total. The van der Waals surface area contributed by atoms with E-state index in [0.29, 0.717) is 0 Å². The fourth-order valence-corrected chi connectivity index (χ4v) is 0.507. The van der Waals surface area contributed by atoms with E-state index in [1.54, 1.807) is 0 Å². The van der Waals surface area contributed by atoms with Crippen LogP contribution in [0.4, 0.5) is 0 Å². The van der Waals surface area contributed by atoms with Crippen LogP contribution < -0.4 is 34.5 Å². The molecule has 0 aromatic carbocycles. The van der Waals surface area contributed by atoms with Gasteiger partial charge in [-0.2, -0.15) is 0 Å². The molecule has 0 spiro atoms. The SMILES string of the molecule is O=[P+]([O-])C(O)CCl.[Na+]. The Morgan fingerprint density at radius 2 is 2.25 bits per heavy atom. The first-order valence-electron chi connectivity index (χ1n) is 1.56. The van der Waals surface area contributed by atoms with Crippen LogP contribution in [0.5, 0.6) is 0 Å². The molecule has 0 aromatic rings. The second-order valence-electron chi connectivity index (χ2n) is 0.920. The van der Waals surface area contributed by atoms with Gasteiger partial charge in [0, 0.05) is 0 Å². The molecule has 3 nitrogen and oxygen atoms in total. The number of aliphatic hydroxyl groups excluding tert-OH is 1. The van der Waals surface area contributed by atoms with Crippen molar-refractivity contribution in [1.82, 2.24) is 0 Å². The summed E-state index contributed by atoms with van der Waals surface area (Å²) >= 11 is 4.91. The van der Waals surface area contributed by atoms with E-state index in [1.165, 1.54) is 0 Å². The standard InChI is InChI=1S/C2H4ClO3P.Na/c3-1-2(4)7(5)6;/h2,4H,1H2;/q;+1. The zero-order chi connectivity index (χ0) is 5.86. The maximum Gasteiger partial charge on any atom is 1.00 e. The Morgan fingerprint density at radius 3 is 2.25 bits per heavy atom. The van der Waals surface area contributed by atoms with Crippen molar-refractivity contribution in [2.75, 3.05) is 5.88 Å². The van der Waals surface area contributed by atoms with Crippen LogP contribution in [0.1, 0.15) is 0 Å².